The highest BCUT2D eigenvalue weighted by molar-refractivity contribution is 7.80. The fraction of sp³-hybridized carbons (Fsp3) is 0.235. The summed E-state index contributed by atoms with van der Waals surface area (Å²) in [5, 5.41) is 0.469. The van der Waals surface area contributed by atoms with E-state index in [0.29, 0.717) is 10.6 Å². The number of carbonyl (C=O) groups excluding carboxylic acids is 1. The molecule has 0 radical (unpaired) electrons. The molecule has 1 aliphatic rings. The van der Waals surface area contributed by atoms with Crippen LogP contribution in [0.15, 0.2) is 41.3 Å². The van der Waals surface area contributed by atoms with Gasteiger partial charge in [0, 0.05) is 17.1 Å². The molecule has 21 heavy (non-hydrogen) atoms. The van der Waals surface area contributed by atoms with Crippen LogP contribution in [0.2, 0.25) is 5.02 Å². The van der Waals surface area contributed by atoms with Gasteiger partial charge in [0.1, 0.15) is 0 Å². The highest BCUT2D eigenvalue weighted by Gasteiger charge is 2.25. The maximum atomic E-state index is 12.8. The van der Waals surface area contributed by atoms with Crippen LogP contribution < -0.4 is 4.90 Å². The van der Waals surface area contributed by atoms with E-state index in [-0.39, 0.29) is 5.91 Å². The second-order valence-corrected chi connectivity index (χ2v) is 6.28. The van der Waals surface area contributed by atoms with Crippen molar-refractivity contribution in [3.63, 3.8) is 0 Å². The molecule has 0 spiro atoms. The lowest BCUT2D eigenvalue weighted by Crippen LogP contribution is -2.35. The number of nitrogens with zero attached hydrogens (tertiary/aromatic N) is 1. The average Bonchev–Trinajstić information content (AvgIpc) is 2.48. The van der Waals surface area contributed by atoms with Gasteiger partial charge in [-0.05, 0) is 49.6 Å². The Kier molecular flexibility index (Phi) is 3.96. The predicted octanol–water partition coefficient (Wildman–Crippen LogP) is 4.53. The molecule has 1 amide bonds. The van der Waals surface area contributed by atoms with Crippen LogP contribution in [0.25, 0.3) is 0 Å². The Morgan fingerprint density at radius 2 is 2.05 bits per heavy atom. The van der Waals surface area contributed by atoms with Gasteiger partial charge in [-0.25, -0.2) is 0 Å². The lowest BCUT2D eigenvalue weighted by Gasteiger charge is -2.30. The minimum Gasteiger partial charge on any atom is -0.308 e. The molecule has 108 valence electrons. The molecule has 0 aromatic heterocycles. The van der Waals surface area contributed by atoms with Crippen LogP contribution in [-0.2, 0) is 6.42 Å². The van der Waals surface area contributed by atoms with Gasteiger partial charge in [-0.2, -0.15) is 0 Å². The zero-order valence-electron chi connectivity index (χ0n) is 11.8. The van der Waals surface area contributed by atoms with Crippen molar-refractivity contribution in [2.45, 2.75) is 24.7 Å². The van der Waals surface area contributed by atoms with Crippen LogP contribution >= 0.6 is 24.2 Å². The summed E-state index contributed by atoms with van der Waals surface area (Å²) in [7, 11) is 0. The minimum absolute atomic E-state index is 0.0549. The Morgan fingerprint density at radius 1 is 1.24 bits per heavy atom. The van der Waals surface area contributed by atoms with Crippen molar-refractivity contribution >= 4 is 35.8 Å². The molecular weight excluding hydrogens is 302 g/mol. The SMILES string of the molecule is Cc1ccc2c(c1)CCCN2C(=O)c1cc(S)ccc1Cl. The summed E-state index contributed by atoms with van der Waals surface area (Å²) in [4.78, 5) is 15.4. The zero-order valence-corrected chi connectivity index (χ0v) is 13.4. The van der Waals surface area contributed by atoms with E-state index >= 15 is 0 Å². The standard InChI is InChI=1S/C17H16ClNOS/c1-11-4-7-16-12(9-11)3-2-8-19(16)17(20)14-10-13(21)5-6-15(14)18/h4-7,9-10,21H,2-3,8H2,1H3. The van der Waals surface area contributed by atoms with Gasteiger partial charge in [0.05, 0.1) is 10.6 Å². The third-order valence-electron chi connectivity index (χ3n) is 3.78. The van der Waals surface area contributed by atoms with E-state index in [2.05, 4.69) is 25.6 Å². The monoisotopic (exact) mass is 317 g/mol. The summed E-state index contributed by atoms with van der Waals surface area (Å²) in [5.74, 6) is -0.0549. The average molecular weight is 318 g/mol. The van der Waals surface area contributed by atoms with Crippen LogP contribution in [0.4, 0.5) is 5.69 Å². The second-order valence-electron chi connectivity index (χ2n) is 5.36. The Bertz CT molecular complexity index is 714. The normalized spacial score (nSPS) is 14.0. The molecule has 2 aromatic rings. The highest BCUT2D eigenvalue weighted by atomic mass is 35.5. The number of amides is 1. The molecule has 2 nitrogen and oxygen atoms in total. The maximum Gasteiger partial charge on any atom is 0.259 e. The lowest BCUT2D eigenvalue weighted by molar-refractivity contribution is 0.0985. The number of thiol groups is 1. The molecule has 4 heteroatoms. The number of anilines is 1. The Morgan fingerprint density at radius 3 is 2.86 bits per heavy atom. The van der Waals surface area contributed by atoms with Gasteiger partial charge in [0.2, 0.25) is 0 Å². The van der Waals surface area contributed by atoms with Crippen molar-refractivity contribution in [3.8, 4) is 0 Å². The van der Waals surface area contributed by atoms with Crippen LogP contribution in [0.3, 0.4) is 0 Å². The Labute approximate surface area is 135 Å². The van der Waals surface area contributed by atoms with E-state index in [1.165, 1.54) is 11.1 Å². The molecular formula is C17H16ClNOS. The fourth-order valence-electron chi connectivity index (χ4n) is 2.76. The first-order valence-electron chi connectivity index (χ1n) is 6.96. The molecule has 0 fully saturated rings. The number of rotatable bonds is 1. The molecule has 1 aliphatic heterocycles. The van der Waals surface area contributed by atoms with E-state index in [4.69, 9.17) is 11.6 Å². The van der Waals surface area contributed by atoms with Gasteiger partial charge in [-0.1, -0.05) is 29.3 Å². The molecule has 0 saturated heterocycles. The summed E-state index contributed by atoms with van der Waals surface area (Å²) in [6.45, 7) is 2.80. The quantitative estimate of drug-likeness (QED) is 0.766. The highest BCUT2D eigenvalue weighted by Crippen LogP contribution is 2.31. The van der Waals surface area contributed by atoms with Gasteiger partial charge in [0.25, 0.3) is 5.91 Å². The van der Waals surface area contributed by atoms with Crippen molar-refractivity contribution in [3.05, 3.63) is 58.1 Å². The number of carbonyl (C=O) groups is 1. The van der Waals surface area contributed by atoms with E-state index in [1.54, 1.807) is 18.2 Å². The van der Waals surface area contributed by atoms with Crippen molar-refractivity contribution in [2.75, 3.05) is 11.4 Å². The maximum absolute atomic E-state index is 12.8. The van der Waals surface area contributed by atoms with Gasteiger partial charge in [0.15, 0.2) is 0 Å². The van der Waals surface area contributed by atoms with Gasteiger partial charge < -0.3 is 4.90 Å². The van der Waals surface area contributed by atoms with Crippen molar-refractivity contribution in [1.82, 2.24) is 0 Å². The van der Waals surface area contributed by atoms with Gasteiger partial charge in [-0.3, -0.25) is 4.79 Å². The van der Waals surface area contributed by atoms with Crippen molar-refractivity contribution in [1.29, 1.82) is 0 Å². The number of aryl methyl sites for hydroxylation is 2. The van der Waals surface area contributed by atoms with Crippen LogP contribution in [0.5, 0.6) is 0 Å². The molecule has 3 rings (SSSR count). The number of benzene rings is 2. The van der Waals surface area contributed by atoms with Gasteiger partial charge >= 0.3 is 0 Å². The smallest absolute Gasteiger partial charge is 0.259 e. The third kappa shape index (κ3) is 2.81. The first-order valence-corrected chi connectivity index (χ1v) is 7.78. The molecule has 0 atom stereocenters. The molecule has 0 aliphatic carbocycles. The fourth-order valence-corrected chi connectivity index (χ4v) is 3.16. The summed E-state index contributed by atoms with van der Waals surface area (Å²) in [6.07, 6.45) is 1.99. The summed E-state index contributed by atoms with van der Waals surface area (Å²) < 4.78 is 0. The Balaban J connectivity index is 2.02. The molecule has 0 unspecified atom stereocenters. The number of fused-ring (bicyclic) bond motifs is 1. The van der Waals surface area contributed by atoms with Crippen LogP contribution in [-0.4, -0.2) is 12.5 Å². The lowest BCUT2D eigenvalue weighted by atomic mass is 9.99. The van der Waals surface area contributed by atoms with Crippen LogP contribution in [0.1, 0.15) is 27.9 Å². The first kappa shape index (κ1) is 14.5. The summed E-state index contributed by atoms with van der Waals surface area (Å²) >= 11 is 10.5. The largest absolute Gasteiger partial charge is 0.308 e. The van der Waals surface area contributed by atoms with E-state index < -0.39 is 0 Å². The molecule has 1 heterocycles. The predicted molar refractivity (Wildman–Crippen MR) is 89.9 cm³/mol. The molecule has 2 aromatic carbocycles. The second kappa shape index (κ2) is 5.74. The van der Waals surface area contributed by atoms with Crippen molar-refractivity contribution < 1.29 is 4.79 Å². The van der Waals surface area contributed by atoms with E-state index in [9.17, 15) is 4.79 Å². The first-order chi connectivity index (χ1) is 10.1. The Hall–Kier alpha value is -1.45. The molecule has 0 N–H and O–H groups in total. The van der Waals surface area contributed by atoms with Crippen LogP contribution in [0, 0.1) is 6.92 Å². The number of halogens is 1. The summed E-state index contributed by atoms with van der Waals surface area (Å²) in [6, 6.07) is 11.5. The molecule has 0 saturated carbocycles. The molecule has 0 bridgehead atoms. The summed E-state index contributed by atoms with van der Waals surface area (Å²) in [5.41, 5.74) is 3.96. The third-order valence-corrected chi connectivity index (χ3v) is 4.39. The van der Waals surface area contributed by atoms with E-state index in [1.807, 2.05) is 17.0 Å². The van der Waals surface area contributed by atoms with Crippen molar-refractivity contribution in [2.24, 2.45) is 0 Å². The van der Waals surface area contributed by atoms with Gasteiger partial charge in [-0.15, -0.1) is 12.6 Å². The topological polar surface area (TPSA) is 20.3 Å². The number of hydrogen-bond donors (Lipinski definition) is 1. The zero-order chi connectivity index (χ0) is 15.0. The minimum atomic E-state index is -0.0549. The number of hydrogen-bond acceptors (Lipinski definition) is 2. The van der Waals surface area contributed by atoms with E-state index in [0.717, 1.165) is 30.0 Å².